The van der Waals surface area contributed by atoms with Crippen LogP contribution in [0.2, 0.25) is 0 Å². The minimum absolute atomic E-state index is 0.134. The summed E-state index contributed by atoms with van der Waals surface area (Å²) >= 11 is 6.81. The summed E-state index contributed by atoms with van der Waals surface area (Å²) in [6, 6.07) is 22.9. The molecule has 3 aromatic rings. The number of nitrogens with zero attached hydrogens (tertiary/aromatic N) is 2. The lowest BCUT2D eigenvalue weighted by molar-refractivity contribution is -0.140. The van der Waals surface area contributed by atoms with Gasteiger partial charge in [0.15, 0.2) is 0 Å². The number of benzene rings is 3. The van der Waals surface area contributed by atoms with Crippen LogP contribution in [0, 0.1) is 5.92 Å². The van der Waals surface area contributed by atoms with E-state index in [1.54, 1.807) is 24.3 Å². The van der Waals surface area contributed by atoms with E-state index in [0.717, 1.165) is 26.2 Å². The number of rotatable bonds is 12. The molecule has 0 fully saturated rings. The lowest BCUT2D eigenvalue weighted by Crippen LogP contribution is -2.53. The van der Waals surface area contributed by atoms with E-state index in [2.05, 4.69) is 37.2 Å². The zero-order chi connectivity index (χ0) is 28.6. The summed E-state index contributed by atoms with van der Waals surface area (Å²) in [4.78, 5) is 29.1. The van der Waals surface area contributed by atoms with Gasteiger partial charge in [-0.25, -0.2) is 8.42 Å². The molecule has 0 aliphatic carbocycles. The molecule has 2 amide bonds. The fraction of sp³-hybridized carbons (Fsp3) is 0.310. The van der Waals surface area contributed by atoms with Crippen LogP contribution in [0.4, 0.5) is 5.69 Å². The quantitative estimate of drug-likeness (QED) is 0.278. The smallest absolute Gasteiger partial charge is 0.244 e. The average Bonchev–Trinajstić information content (AvgIpc) is 2.88. The van der Waals surface area contributed by atoms with E-state index in [9.17, 15) is 18.0 Å². The zero-order valence-electron chi connectivity index (χ0n) is 22.2. The molecule has 1 atom stereocenters. The molecular formula is C29H33Br2N3O4S. The second kappa shape index (κ2) is 14.1. The molecule has 7 nitrogen and oxygen atoms in total. The third-order valence-electron chi connectivity index (χ3n) is 6.00. The monoisotopic (exact) mass is 677 g/mol. The van der Waals surface area contributed by atoms with Crippen LogP contribution in [-0.2, 0) is 32.6 Å². The number of carbonyl (C=O) groups is 2. The molecule has 0 saturated heterocycles. The van der Waals surface area contributed by atoms with Gasteiger partial charge in [-0.15, -0.1) is 0 Å². The number of nitrogens with one attached hydrogen (secondary N) is 1. The Morgan fingerprint density at radius 2 is 1.54 bits per heavy atom. The van der Waals surface area contributed by atoms with Gasteiger partial charge in [-0.05, 0) is 47.4 Å². The van der Waals surface area contributed by atoms with Crippen LogP contribution in [0.15, 0.2) is 87.8 Å². The second-order valence-corrected chi connectivity index (χ2v) is 13.5. The minimum atomic E-state index is -3.81. The highest BCUT2D eigenvalue weighted by atomic mass is 79.9. The fourth-order valence-corrected chi connectivity index (χ4v) is 5.50. The molecule has 0 heterocycles. The number of amides is 2. The summed E-state index contributed by atoms with van der Waals surface area (Å²) < 4.78 is 28.3. The largest absolute Gasteiger partial charge is 0.354 e. The van der Waals surface area contributed by atoms with Gasteiger partial charge in [-0.2, -0.15) is 0 Å². The van der Waals surface area contributed by atoms with Gasteiger partial charge >= 0.3 is 0 Å². The molecule has 0 aromatic heterocycles. The van der Waals surface area contributed by atoms with Gasteiger partial charge in [-0.3, -0.25) is 13.9 Å². The molecule has 0 aliphatic heterocycles. The number of halogens is 2. The maximum Gasteiger partial charge on any atom is 0.244 e. The van der Waals surface area contributed by atoms with E-state index in [1.165, 1.54) is 4.90 Å². The first-order chi connectivity index (χ1) is 18.4. The van der Waals surface area contributed by atoms with Crippen molar-refractivity contribution in [2.45, 2.75) is 32.9 Å². The summed E-state index contributed by atoms with van der Waals surface area (Å²) in [7, 11) is -3.81. The molecule has 208 valence electrons. The molecule has 0 bridgehead atoms. The molecule has 39 heavy (non-hydrogen) atoms. The first kappa shape index (κ1) is 30.8. The molecule has 0 saturated carbocycles. The summed E-state index contributed by atoms with van der Waals surface area (Å²) in [5.74, 6) is -0.547. The highest BCUT2D eigenvalue weighted by Gasteiger charge is 2.33. The molecule has 0 unspecified atom stereocenters. The SMILES string of the molecule is CC(C)CNC(=O)[C@@H](Cc1ccccc1)N(Cc1ccc(Br)cc1)C(=O)CN(c1cccc(Br)c1)S(C)(=O)=O. The normalized spacial score (nSPS) is 12.2. The van der Waals surface area contributed by atoms with Gasteiger partial charge in [0.05, 0.1) is 11.9 Å². The molecule has 0 spiro atoms. The highest BCUT2D eigenvalue weighted by molar-refractivity contribution is 9.10. The van der Waals surface area contributed by atoms with Gasteiger partial charge in [0.1, 0.15) is 12.6 Å². The van der Waals surface area contributed by atoms with Crippen LogP contribution in [-0.4, -0.2) is 50.5 Å². The van der Waals surface area contributed by atoms with Gasteiger partial charge < -0.3 is 10.2 Å². The average molecular weight is 679 g/mol. The lowest BCUT2D eigenvalue weighted by Gasteiger charge is -2.33. The van der Waals surface area contributed by atoms with E-state index in [1.807, 2.05) is 68.4 Å². The van der Waals surface area contributed by atoms with E-state index < -0.39 is 28.5 Å². The van der Waals surface area contributed by atoms with Crippen molar-refractivity contribution in [2.24, 2.45) is 5.92 Å². The Morgan fingerprint density at radius 1 is 0.872 bits per heavy atom. The first-order valence-corrected chi connectivity index (χ1v) is 16.0. The molecular weight excluding hydrogens is 646 g/mol. The Balaban J connectivity index is 2.04. The summed E-state index contributed by atoms with van der Waals surface area (Å²) in [5, 5.41) is 2.98. The Labute approximate surface area is 247 Å². The summed E-state index contributed by atoms with van der Waals surface area (Å²) in [6.45, 7) is 4.14. The maximum atomic E-state index is 14.0. The van der Waals surface area contributed by atoms with E-state index in [-0.39, 0.29) is 24.8 Å². The maximum absolute atomic E-state index is 14.0. The van der Waals surface area contributed by atoms with Crippen molar-refractivity contribution in [1.82, 2.24) is 10.2 Å². The van der Waals surface area contributed by atoms with Crippen molar-refractivity contribution >= 4 is 59.4 Å². The van der Waals surface area contributed by atoms with Crippen LogP contribution >= 0.6 is 31.9 Å². The zero-order valence-corrected chi connectivity index (χ0v) is 26.2. The van der Waals surface area contributed by atoms with Crippen LogP contribution < -0.4 is 9.62 Å². The fourth-order valence-electron chi connectivity index (χ4n) is 4.01. The van der Waals surface area contributed by atoms with Crippen LogP contribution in [0.3, 0.4) is 0 Å². The Bertz CT molecular complexity index is 1370. The topological polar surface area (TPSA) is 86.8 Å². The molecule has 0 aliphatic rings. The summed E-state index contributed by atoms with van der Waals surface area (Å²) in [6.07, 6.45) is 1.35. The summed E-state index contributed by atoms with van der Waals surface area (Å²) in [5.41, 5.74) is 2.06. The third-order valence-corrected chi connectivity index (χ3v) is 8.16. The van der Waals surface area contributed by atoms with E-state index in [4.69, 9.17) is 0 Å². The van der Waals surface area contributed by atoms with E-state index in [0.29, 0.717) is 16.7 Å². The molecule has 10 heteroatoms. The second-order valence-electron chi connectivity index (χ2n) is 9.74. The Kier molecular flexibility index (Phi) is 11.1. The predicted octanol–water partition coefficient (Wildman–Crippen LogP) is 5.39. The number of carbonyl (C=O) groups excluding carboxylic acids is 2. The Morgan fingerprint density at radius 3 is 2.13 bits per heavy atom. The number of sulfonamides is 1. The van der Waals surface area contributed by atoms with Crippen molar-refractivity contribution in [2.75, 3.05) is 23.7 Å². The van der Waals surface area contributed by atoms with Crippen molar-refractivity contribution in [3.05, 3.63) is 98.9 Å². The molecule has 3 rings (SSSR count). The van der Waals surface area contributed by atoms with Crippen molar-refractivity contribution in [3.63, 3.8) is 0 Å². The van der Waals surface area contributed by atoms with Gasteiger partial charge in [0.25, 0.3) is 0 Å². The standard InChI is InChI=1S/C29H33Br2N3O4S/c1-21(2)18-32-29(36)27(16-22-8-5-4-6-9-22)33(19-23-12-14-24(30)15-13-23)28(35)20-34(39(3,37)38)26-11-7-10-25(31)17-26/h4-15,17,21,27H,16,18-20H2,1-3H3,(H,32,36)/t27-/m1/s1. The van der Waals surface area contributed by atoms with Crippen LogP contribution in [0.1, 0.15) is 25.0 Å². The van der Waals surface area contributed by atoms with Crippen LogP contribution in [0.25, 0.3) is 0 Å². The van der Waals surface area contributed by atoms with E-state index >= 15 is 0 Å². The number of hydrogen-bond donors (Lipinski definition) is 1. The van der Waals surface area contributed by atoms with Crippen LogP contribution in [0.5, 0.6) is 0 Å². The molecule has 3 aromatic carbocycles. The van der Waals surface area contributed by atoms with Gasteiger partial charge in [0, 0.05) is 28.5 Å². The van der Waals surface area contributed by atoms with Gasteiger partial charge in [0.2, 0.25) is 21.8 Å². The van der Waals surface area contributed by atoms with Crippen molar-refractivity contribution < 1.29 is 18.0 Å². The lowest BCUT2D eigenvalue weighted by atomic mass is 10.0. The minimum Gasteiger partial charge on any atom is -0.354 e. The van der Waals surface area contributed by atoms with Gasteiger partial charge in [-0.1, -0.05) is 94.2 Å². The van der Waals surface area contributed by atoms with Crippen molar-refractivity contribution in [3.8, 4) is 0 Å². The van der Waals surface area contributed by atoms with Crippen molar-refractivity contribution in [1.29, 1.82) is 0 Å². The molecule has 1 N–H and O–H groups in total. The first-order valence-electron chi connectivity index (χ1n) is 12.5. The number of hydrogen-bond acceptors (Lipinski definition) is 4. The highest BCUT2D eigenvalue weighted by Crippen LogP contribution is 2.24. The molecule has 0 radical (unpaired) electrons. The predicted molar refractivity (Wildman–Crippen MR) is 163 cm³/mol. The Hall–Kier alpha value is -2.69. The number of anilines is 1. The third kappa shape index (κ3) is 9.47.